The Morgan fingerprint density at radius 2 is 1.82 bits per heavy atom. The van der Waals surface area contributed by atoms with Crippen molar-refractivity contribution in [3.8, 4) is 17.3 Å². The van der Waals surface area contributed by atoms with Crippen LogP contribution in [0, 0.1) is 17.7 Å². The SMILES string of the molecule is Fc1c(-c2cncc3cccc(Cl)c23)ncc2c(N3CC4CCC(C4)C3)nc(OCC34CCCN3CCC4)nc12. The van der Waals surface area contributed by atoms with Crippen molar-refractivity contribution in [2.45, 2.75) is 50.5 Å². The van der Waals surface area contributed by atoms with E-state index in [1.807, 2.05) is 12.1 Å². The first-order valence-corrected chi connectivity index (χ1v) is 15.0. The van der Waals surface area contributed by atoms with Gasteiger partial charge in [0, 0.05) is 53.0 Å². The Morgan fingerprint density at radius 3 is 2.62 bits per heavy atom. The molecule has 2 unspecified atom stereocenters. The first kappa shape index (κ1) is 24.7. The van der Waals surface area contributed by atoms with Crippen molar-refractivity contribution in [2.75, 3.05) is 37.7 Å². The minimum Gasteiger partial charge on any atom is -0.461 e. The van der Waals surface area contributed by atoms with Crippen LogP contribution in [0.4, 0.5) is 10.2 Å². The van der Waals surface area contributed by atoms with E-state index in [1.54, 1.807) is 24.7 Å². The molecule has 4 fully saturated rings. The summed E-state index contributed by atoms with van der Waals surface area (Å²) >= 11 is 6.58. The van der Waals surface area contributed by atoms with Crippen LogP contribution < -0.4 is 9.64 Å². The highest BCUT2D eigenvalue weighted by atomic mass is 35.5. The van der Waals surface area contributed by atoms with Crippen LogP contribution in [-0.2, 0) is 0 Å². The lowest BCUT2D eigenvalue weighted by Gasteiger charge is -2.34. The van der Waals surface area contributed by atoms with Crippen LogP contribution >= 0.6 is 11.6 Å². The molecule has 4 aliphatic rings. The summed E-state index contributed by atoms with van der Waals surface area (Å²) in [5.74, 6) is 1.54. The summed E-state index contributed by atoms with van der Waals surface area (Å²) in [4.78, 5) is 23.5. The lowest BCUT2D eigenvalue weighted by Crippen LogP contribution is -2.43. The largest absolute Gasteiger partial charge is 0.461 e. The van der Waals surface area contributed by atoms with Gasteiger partial charge in [-0.05, 0) is 75.9 Å². The number of ether oxygens (including phenoxy) is 1. The Labute approximate surface area is 237 Å². The predicted molar refractivity (Wildman–Crippen MR) is 154 cm³/mol. The van der Waals surface area contributed by atoms with Gasteiger partial charge in [-0.15, -0.1) is 0 Å². The molecule has 8 rings (SSSR count). The summed E-state index contributed by atoms with van der Waals surface area (Å²) in [6, 6.07) is 5.84. The van der Waals surface area contributed by atoms with Gasteiger partial charge in [-0.25, -0.2) is 4.39 Å². The van der Waals surface area contributed by atoms with Gasteiger partial charge in [0.1, 0.15) is 23.6 Å². The van der Waals surface area contributed by atoms with Gasteiger partial charge in [0.15, 0.2) is 5.82 Å². The molecule has 40 heavy (non-hydrogen) atoms. The van der Waals surface area contributed by atoms with Crippen LogP contribution in [0.5, 0.6) is 6.01 Å². The molecule has 2 bridgehead atoms. The van der Waals surface area contributed by atoms with Crippen molar-refractivity contribution in [3.63, 3.8) is 0 Å². The number of nitrogens with zero attached hydrogens (tertiary/aromatic N) is 6. The highest BCUT2D eigenvalue weighted by molar-refractivity contribution is 6.36. The Hall–Kier alpha value is -3.10. The van der Waals surface area contributed by atoms with Crippen LogP contribution in [0.3, 0.4) is 0 Å². The normalized spacial score (nSPS) is 23.8. The third-order valence-electron chi connectivity index (χ3n) is 9.82. The van der Waals surface area contributed by atoms with Crippen molar-refractivity contribution in [1.82, 2.24) is 24.8 Å². The molecular formula is C31H32ClFN6O. The van der Waals surface area contributed by atoms with E-state index >= 15 is 4.39 Å². The zero-order chi connectivity index (χ0) is 26.8. The number of halogens is 2. The van der Waals surface area contributed by atoms with Crippen molar-refractivity contribution in [2.24, 2.45) is 11.8 Å². The molecule has 0 N–H and O–H groups in total. The van der Waals surface area contributed by atoms with Gasteiger partial charge in [0.25, 0.3) is 0 Å². The molecule has 2 atom stereocenters. The molecule has 4 aromatic rings. The Bertz CT molecular complexity index is 1600. The summed E-state index contributed by atoms with van der Waals surface area (Å²) < 4.78 is 22.9. The fraction of sp³-hybridized carbons (Fsp3) is 0.484. The molecule has 1 aromatic carbocycles. The van der Waals surface area contributed by atoms with E-state index in [2.05, 4.69) is 19.8 Å². The van der Waals surface area contributed by atoms with E-state index in [0.717, 1.165) is 55.6 Å². The number of anilines is 1. The molecule has 1 aliphatic carbocycles. The number of hydrogen-bond acceptors (Lipinski definition) is 7. The average molecular weight is 559 g/mol. The Kier molecular flexibility index (Phi) is 5.85. The second-order valence-corrected chi connectivity index (χ2v) is 12.6. The second-order valence-electron chi connectivity index (χ2n) is 12.2. The van der Waals surface area contributed by atoms with Crippen LogP contribution in [0.1, 0.15) is 44.9 Å². The van der Waals surface area contributed by atoms with Gasteiger partial charge in [0.2, 0.25) is 0 Å². The molecule has 3 saturated heterocycles. The summed E-state index contributed by atoms with van der Waals surface area (Å²) in [6.07, 6.45) is 13.5. The van der Waals surface area contributed by atoms with Crippen LogP contribution in [0.25, 0.3) is 32.9 Å². The smallest absolute Gasteiger partial charge is 0.319 e. The first-order valence-electron chi connectivity index (χ1n) is 14.6. The zero-order valence-electron chi connectivity index (χ0n) is 22.5. The predicted octanol–water partition coefficient (Wildman–Crippen LogP) is 6.28. The van der Waals surface area contributed by atoms with E-state index in [1.165, 1.54) is 32.1 Å². The number of rotatable bonds is 5. The summed E-state index contributed by atoms with van der Waals surface area (Å²) in [5, 5.41) is 2.71. The quantitative estimate of drug-likeness (QED) is 0.286. The summed E-state index contributed by atoms with van der Waals surface area (Å²) in [5.41, 5.74) is 1.02. The van der Waals surface area contributed by atoms with Crippen molar-refractivity contribution < 1.29 is 9.13 Å². The number of piperidine rings is 1. The number of pyridine rings is 2. The number of hydrogen-bond donors (Lipinski definition) is 0. The van der Waals surface area contributed by atoms with Crippen molar-refractivity contribution in [1.29, 1.82) is 0 Å². The highest BCUT2D eigenvalue weighted by Gasteiger charge is 2.45. The van der Waals surface area contributed by atoms with Crippen LogP contribution in [-0.4, -0.2) is 63.2 Å². The summed E-state index contributed by atoms with van der Waals surface area (Å²) in [7, 11) is 0. The fourth-order valence-electron chi connectivity index (χ4n) is 7.92. The maximum Gasteiger partial charge on any atom is 0.319 e. The molecule has 0 radical (unpaired) electrons. The molecule has 206 valence electrons. The summed E-state index contributed by atoms with van der Waals surface area (Å²) in [6.45, 7) is 4.62. The van der Waals surface area contributed by atoms with E-state index in [4.69, 9.17) is 26.3 Å². The second kappa shape index (κ2) is 9.48. The van der Waals surface area contributed by atoms with Gasteiger partial charge in [-0.1, -0.05) is 23.7 Å². The van der Waals surface area contributed by atoms with Crippen LogP contribution in [0.15, 0.2) is 36.8 Å². The van der Waals surface area contributed by atoms with E-state index in [0.29, 0.717) is 34.4 Å². The Balaban J connectivity index is 1.25. The van der Waals surface area contributed by atoms with Crippen molar-refractivity contribution >= 4 is 39.1 Å². The third kappa shape index (κ3) is 3.94. The number of aromatic nitrogens is 4. The Morgan fingerprint density at radius 1 is 1.02 bits per heavy atom. The molecular weight excluding hydrogens is 527 g/mol. The number of fused-ring (bicyclic) bond motifs is 5. The molecule has 3 aliphatic heterocycles. The minimum absolute atomic E-state index is 0.0516. The van der Waals surface area contributed by atoms with Gasteiger partial charge in [0.05, 0.1) is 10.9 Å². The van der Waals surface area contributed by atoms with Crippen LogP contribution in [0.2, 0.25) is 5.02 Å². The molecule has 3 aromatic heterocycles. The highest BCUT2D eigenvalue weighted by Crippen LogP contribution is 2.42. The van der Waals surface area contributed by atoms with Crippen molar-refractivity contribution in [3.05, 3.63) is 47.6 Å². The maximum atomic E-state index is 16.6. The molecule has 0 spiro atoms. The lowest BCUT2D eigenvalue weighted by atomic mass is 9.95. The topological polar surface area (TPSA) is 67.3 Å². The van der Waals surface area contributed by atoms with Gasteiger partial charge in [-0.3, -0.25) is 14.9 Å². The first-order chi connectivity index (χ1) is 19.6. The van der Waals surface area contributed by atoms with E-state index < -0.39 is 5.82 Å². The number of benzene rings is 1. The maximum absolute atomic E-state index is 16.6. The molecule has 9 heteroatoms. The lowest BCUT2D eigenvalue weighted by molar-refractivity contribution is 0.108. The third-order valence-corrected chi connectivity index (χ3v) is 10.1. The van der Waals surface area contributed by atoms with Gasteiger partial charge >= 0.3 is 6.01 Å². The molecule has 7 nitrogen and oxygen atoms in total. The standard InChI is InChI=1S/C31H32ClFN6O/c32-24-5-1-4-21-13-34-14-22(25(21)24)27-26(33)28-23(15-35-27)29(38-16-19-6-7-20(12-19)17-38)37-30(36-28)40-18-31-8-2-10-39(31)11-3-9-31/h1,4-5,13-15,19-20H,2-3,6-12,16-18H2. The average Bonchev–Trinajstić information content (AvgIpc) is 3.65. The van der Waals surface area contributed by atoms with E-state index in [9.17, 15) is 0 Å². The van der Waals surface area contributed by atoms with Gasteiger partial charge in [-0.2, -0.15) is 9.97 Å². The molecule has 6 heterocycles. The fourth-order valence-corrected chi connectivity index (χ4v) is 8.21. The van der Waals surface area contributed by atoms with E-state index in [-0.39, 0.29) is 22.8 Å². The minimum atomic E-state index is -0.498. The zero-order valence-corrected chi connectivity index (χ0v) is 23.2. The molecule has 1 saturated carbocycles. The monoisotopic (exact) mass is 558 g/mol. The molecule has 0 amide bonds. The van der Waals surface area contributed by atoms with Gasteiger partial charge < -0.3 is 9.64 Å².